The van der Waals surface area contributed by atoms with Gasteiger partial charge < -0.3 is 64.5 Å². The summed E-state index contributed by atoms with van der Waals surface area (Å²) in [6, 6.07) is 0. The van der Waals surface area contributed by atoms with Gasteiger partial charge in [0.05, 0.1) is 0 Å². The number of rotatable bonds is 6. The Morgan fingerprint density at radius 3 is 0.800 bits per heavy atom. The van der Waals surface area contributed by atoms with Gasteiger partial charge in [-0.3, -0.25) is 27.4 Å². The summed E-state index contributed by atoms with van der Waals surface area (Å²) in [5.74, 6) is -1.38. The number of hydrogen-bond donors (Lipinski definition) is 13. The molecule has 0 heterocycles. The van der Waals surface area contributed by atoms with E-state index < -0.39 is 61.9 Å². The molecule has 0 rings (SSSR count). The van der Waals surface area contributed by atoms with Crippen LogP contribution < -0.4 is 5.73 Å². The van der Waals surface area contributed by atoms with E-state index in [0.717, 1.165) is 13.8 Å². The second-order valence-corrected chi connectivity index (χ2v) is 18.1. The minimum atomic E-state index is -4.86. The summed E-state index contributed by atoms with van der Waals surface area (Å²) in [6.45, 7) is 1.66. The molecule has 0 aliphatic heterocycles. The van der Waals surface area contributed by atoms with Crippen LogP contribution in [0.4, 0.5) is 0 Å². The van der Waals surface area contributed by atoms with Gasteiger partial charge in [-0.2, -0.15) is 0 Å². The van der Waals surface area contributed by atoms with Crippen LogP contribution in [0.1, 0.15) is 13.8 Å². The Hall–Kier alpha value is 0.860. The van der Waals surface area contributed by atoms with E-state index >= 15 is 0 Å². The van der Waals surface area contributed by atoms with Crippen LogP contribution in [0, 0.1) is 0 Å². The van der Waals surface area contributed by atoms with Crippen LogP contribution in [0.25, 0.3) is 0 Å². The van der Waals surface area contributed by atoms with Crippen molar-refractivity contribution in [3.63, 3.8) is 0 Å². The van der Waals surface area contributed by atoms with Crippen molar-refractivity contribution in [3.05, 3.63) is 0 Å². The first-order valence-electron chi connectivity index (χ1n) is 6.42. The Labute approximate surface area is 168 Å². The SMILES string of the molecule is CC(C)(P(=O)(O)O)P(=O)(O)O.NC(P(=O)(O)O)P(=O)(O)O.O=P(O)(O)CP(=O)(O)O. The summed E-state index contributed by atoms with van der Waals surface area (Å²) in [6.07, 6.45) is 0. The van der Waals surface area contributed by atoms with Gasteiger partial charge in [-0.05, 0) is 13.8 Å². The molecule has 0 aromatic rings. The first-order valence-corrected chi connectivity index (χ1v) is 16.6. The maximum atomic E-state index is 10.5. The smallest absolute Gasteiger partial charge is 0.324 e. The first-order chi connectivity index (χ1) is 12.4. The zero-order valence-corrected chi connectivity index (χ0v) is 20.2. The van der Waals surface area contributed by atoms with Crippen LogP contribution in [-0.2, 0) is 27.4 Å². The first kappa shape index (κ1) is 35.4. The molecule has 30 heavy (non-hydrogen) atoms. The third kappa shape index (κ3) is 16.5. The van der Waals surface area contributed by atoms with Gasteiger partial charge in [0.1, 0.15) is 0 Å². The van der Waals surface area contributed by atoms with Gasteiger partial charge in [-0.1, -0.05) is 0 Å². The lowest BCUT2D eigenvalue weighted by molar-refractivity contribution is 0.318. The maximum Gasteiger partial charge on any atom is 0.354 e. The molecule has 0 atom stereocenters. The fourth-order valence-corrected chi connectivity index (χ4v) is 5.45. The normalized spacial score (nSPS) is 14.4. The molecule has 14 N–H and O–H groups in total. The van der Waals surface area contributed by atoms with E-state index in [0.29, 0.717) is 0 Å². The van der Waals surface area contributed by atoms with Gasteiger partial charge in [-0.25, -0.2) is 0 Å². The van der Waals surface area contributed by atoms with E-state index in [1.807, 2.05) is 0 Å². The summed E-state index contributed by atoms with van der Waals surface area (Å²) < 4.78 is 60.8. The number of nitrogens with two attached hydrogens (primary N) is 1. The highest BCUT2D eigenvalue weighted by molar-refractivity contribution is 7.72. The average Bonchev–Trinajstić information content (AvgIpc) is 2.29. The molecule has 0 amide bonds. The molecule has 0 aromatic heterocycles. The molecule has 0 aromatic carbocycles. The summed E-state index contributed by atoms with van der Waals surface area (Å²) in [5.41, 5.74) is 2.10. The summed E-state index contributed by atoms with van der Waals surface area (Å²) in [5, 5.41) is 0. The second kappa shape index (κ2) is 11.3. The van der Waals surface area contributed by atoms with Crippen molar-refractivity contribution in [1.29, 1.82) is 0 Å². The molecule has 0 fully saturated rings. The van der Waals surface area contributed by atoms with Crippen LogP contribution >= 0.6 is 45.6 Å². The Balaban J connectivity index is -0.000000366. The van der Waals surface area contributed by atoms with E-state index in [-0.39, 0.29) is 0 Å². The summed E-state index contributed by atoms with van der Waals surface area (Å²) >= 11 is 0. The van der Waals surface area contributed by atoms with Crippen LogP contribution in [0.3, 0.4) is 0 Å². The molecule has 0 bridgehead atoms. The predicted octanol–water partition coefficient (Wildman–Crippen LogP) is -2.04. The second-order valence-electron chi connectivity index (χ2n) is 5.65. The summed E-state index contributed by atoms with van der Waals surface area (Å²) in [4.78, 5) is 96.1. The molecular weight excluding hydrogens is 548 g/mol. The molecule has 186 valence electrons. The Bertz CT molecular complexity index is 761. The van der Waals surface area contributed by atoms with Gasteiger partial charge in [0, 0.05) is 0 Å². The van der Waals surface area contributed by atoms with Crippen LogP contribution in [0.5, 0.6) is 0 Å². The quantitative estimate of drug-likeness (QED) is 0.153. The van der Waals surface area contributed by atoms with Crippen molar-refractivity contribution in [1.82, 2.24) is 0 Å². The molecule has 0 spiro atoms. The Morgan fingerprint density at radius 1 is 0.600 bits per heavy atom. The zero-order valence-electron chi connectivity index (χ0n) is 14.9. The minimum absolute atomic E-state index is 0.828. The van der Waals surface area contributed by atoms with E-state index in [2.05, 4.69) is 5.73 Å². The third-order valence-corrected chi connectivity index (χ3v) is 13.0. The van der Waals surface area contributed by atoms with Crippen LogP contribution in [0.15, 0.2) is 0 Å². The zero-order chi connectivity index (χ0) is 25.8. The lowest BCUT2D eigenvalue weighted by atomic mass is 10.5. The van der Waals surface area contributed by atoms with Crippen molar-refractivity contribution in [3.8, 4) is 0 Å². The summed E-state index contributed by atoms with van der Waals surface area (Å²) in [7, 11) is -28.3. The van der Waals surface area contributed by atoms with Gasteiger partial charge in [0.2, 0.25) is 5.52 Å². The molecule has 0 aliphatic rings. The third-order valence-electron chi connectivity index (χ3n) is 2.48. The van der Waals surface area contributed by atoms with Gasteiger partial charge in [0.15, 0.2) is 10.8 Å². The van der Waals surface area contributed by atoms with E-state index in [4.69, 9.17) is 58.7 Å². The average molecular weight is 571 g/mol. The maximum absolute atomic E-state index is 10.5. The van der Waals surface area contributed by atoms with Crippen LogP contribution in [-0.4, -0.2) is 75.0 Å². The minimum Gasteiger partial charge on any atom is -0.324 e. The lowest BCUT2D eigenvalue weighted by Crippen LogP contribution is -2.19. The molecule has 0 radical (unpaired) electrons. The standard InChI is InChI=1S/C3H10O6P2.CH7NO6P2.CH6O6P2/c1-3(2,10(4,5)6)11(7,8)9;2-1(9(3,4)5)10(6,7)8;2-8(3,4)1-9(5,6)7/h1-2H3,(H2,4,5,6)(H2,7,8,9);1H,2H2,(H2,3,4,5)(H2,6,7,8);1H2,(H2,2,3,4)(H2,5,6,7). The van der Waals surface area contributed by atoms with Crippen LogP contribution in [0.2, 0.25) is 0 Å². The molecule has 19 nitrogen and oxygen atoms in total. The highest BCUT2D eigenvalue weighted by Gasteiger charge is 2.52. The Morgan fingerprint density at radius 2 is 0.800 bits per heavy atom. The van der Waals surface area contributed by atoms with Gasteiger partial charge in [-0.15, -0.1) is 0 Å². The van der Waals surface area contributed by atoms with Crippen molar-refractivity contribution in [2.75, 3.05) is 5.90 Å². The van der Waals surface area contributed by atoms with E-state index in [9.17, 15) is 27.4 Å². The lowest BCUT2D eigenvalue weighted by Gasteiger charge is -2.25. The van der Waals surface area contributed by atoms with Gasteiger partial charge in [0.25, 0.3) is 0 Å². The molecular formula is C5H23NO18P6. The fourth-order valence-electron chi connectivity index (χ4n) is 0.606. The van der Waals surface area contributed by atoms with E-state index in [1.165, 1.54) is 0 Å². The predicted molar refractivity (Wildman–Crippen MR) is 99.2 cm³/mol. The fraction of sp³-hybridized carbons (Fsp3) is 1.00. The molecule has 0 unspecified atom stereocenters. The highest BCUT2D eigenvalue weighted by Crippen LogP contribution is 2.68. The molecule has 0 saturated heterocycles. The molecule has 25 heteroatoms. The van der Waals surface area contributed by atoms with Crippen molar-refractivity contribution in [2.45, 2.75) is 24.3 Å². The van der Waals surface area contributed by atoms with Crippen molar-refractivity contribution in [2.24, 2.45) is 5.73 Å². The highest BCUT2D eigenvalue weighted by atomic mass is 31.2. The molecule has 0 saturated carbocycles. The van der Waals surface area contributed by atoms with Gasteiger partial charge >= 0.3 is 45.6 Å². The van der Waals surface area contributed by atoms with Crippen molar-refractivity contribution >= 4 is 45.6 Å². The van der Waals surface area contributed by atoms with Crippen molar-refractivity contribution < 1.29 is 86.1 Å². The largest absolute Gasteiger partial charge is 0.354 e. The monoisotopic (exact) mass is 571 g/mol. The number of hydrogen-bond acceptors (Lipinski definition) is 7. The molecule has 0 aliphatic carbocycles. The topological polar surface area (TPSA) is 371 Å². The van der Waals surface area contributed by atoms with E-state index in [1.54, 1.807) is 0 Å². The Kier molecular flexibility index (Phi) is 13.4.